The highest BCUT2D eigenvalue weighted by Gasteiger charge is 2.04. The second kappa shape index (κ2) is 3.46. The maximum Gasteiger partial charge on any atom is 0.0402 e. The van der Waals surface area contributed by atoms with Gasteiger partial charge in [-0.25, -0.2) is 0 Å². The maximum atomic E-state index is 5.94. The number of rotatable bonds is 1. The van der Waals surface area contributed by atoms with Crippen LogP contribution in [0, 0.1) is 13.8 Å². The van der Waals surface area contributed by atoms with Crippen LogP contribution >= 0.6 is 11.3 Å². The Morgan fingerprint density at radius 3 is 2.50 bits per heavy atom. The molecule has 2 rings (SSSR count). The second-order valence-corrected chi connectivity index (χ2v) is 4.79. The Kier molecular flexibility index (Phi) is 2.30. The summed E-state index contributed by atoms with van der Waals surface area (Å²) in [6.45, 7) is 4.20. The third-order valence-corrected chi connectivity index (χ3v) is 3.25. The van der Waals surface area contributed by atoms with Gasteiger partial charge in [0.1, 0.15) is 0 Å². The van der Waals surface area contributed by atoms with Crippen molar-refractivity contribution >= 4 is 17.0 Å². The molecule has 1 heterocycles. The van der Waals surface area contributed by atoms with Gasteiger partial charge in [-0.2, -0.15) is 0 Å². The standard InChI is InChI=1S/C12H13NS/c1-8-3-5-11(13)10(7-8)12-6-4-9(2)14-12/h3-7H,13H2,1-2H3. The predicted molar refractivity (Wildman–Crippen MR) is 63.6 cm³/mol. The van der Waals surface area contributed by atoms with Crippen molar-refractivity contribution < 1.29 is 0 Å². The third kappa shape index (κ3) is 1.66. The van der Waals surface area contributed by atoms with Gasteiger partial charge in [0.25, 0.3) is 0 Å². The molecule has 2 heteroatoms. The van der Waals surface area contributed by atoms with Gasteiger partial charge in [0.15, 0.2) is 0 Å². The van der Waals surface area contributed by atoms with Crippen molar-refractivity contribution in [1.29, 1.82) is 0 Å². The number of anilines is 1. The lowest BCUT2D eigenvalue weighted by molar-refractivity contribution is 1.48. The normalized spacial score (nSPS) is 10.4. The molecular weight excluding hydrogens is 190 g/mol. The molecule has 72 valence electrons. The summed E-state index contributed by atoms with van der Waals surface area (Å²) in [5.74, 6) is 0. The van der Waals surface area contributed by atoms with Gasteiger partial charge >= 0.3 is 0 Å². The van der Waals surface area contributed by atoms with Crippen LogP contribution in [0.15, 0.2) is 30.3 Å². The van der Waals surface area contributed by atoms with Crippen molar-refractivity contribution in [3.8, 4) is 10.4 Å². The van der Waals surface area contributed by atoms with E-state index in [4.69, 9.17) is 5.73 Å². The van der Waals surface area contributed by atoms with Crippen LogP contribution in [0.25, 0.3) is 10.4 Å². The number of hydrogen-bond donors (Lipinski definition) is 1. The first kappa shape index (κ1) is 9.28. The zero-order valence-corrected chi connectivity index (χ0v) is 9.19. The first-order valence-corrected chi connectivity index (χ1v) is 5.41. The highest BCUT2D eigenvalue weighted by atomic mass is 32.1. The fourth-order valence-electron chi connectivity index (χ4n) is 1.46. The molecule has 0 unspecified atom stereocenters. The first-order valence-electron chi connectivity index (χ1n) is 4.60. The van der Waals surface area contributed by atoms with E-state index in [0.29, 0.717) is 0 Å². The molecular formula is C12H13NS. The first-order chi connectivity index (χ1) is 6.66. The number of thiophene rings is 1. The fraction of sp³-hybridized carbons (Fsp3) is 0.167. The van der Waals surface area contributed by atoms with Crippen LogP contribution in [-0.2, 0) is 0 Å². The average Bonchev–Trinajstić information content (AvgIpc) is 2.56. The van der Waals surface area contributed by atoms with Gasteiger partial charge < -0.3 is 5.73 Å². The number of hydrogen-bond acceptors (Lipinski definition) is 2. The molecule has 0 spiro atoms. The minimum absolute atomic E-state index is 0.859. The summed E-state index contributed by atoms with van der Waals surface area (Å²) in [4.78, 5) is 2.57. The van der Waals surface area contributed by atoms with Crippen LogP contribution in [0.5, 0.6) is 0 Å². The molecule has 14 heavy (non-hydrogen) atoms. The van der Waals surface area contributed by atoms with Crippen molar-refractivity contribution in [2.45, 2.75) is 13.8 Å². The van der Waals surface area contributed by atoms with E-state index < -0.39 is 0 Å². The molecule has 1 aromatic carbocycles. The van der Waals surface area contributed by atoms with E-state index in [9.17, 15) is 0 Å². The van der Waals surface area contributed by atoms with E-state index in [1.807, 2.05) is 12.1 Å². The Bertz CT molecular complexity index is 457. The summed E-state index contributed by atoms with van der Waals surface area (Å²) >= 11 is 1.78. The monoisotopic (exact) mass is 203 g/mol. The van der Waals surface area contributed by atoms with Gasteiger partial charge in [-0.15, -0.1) is 11.3 Å². The minimum atomic E-state index is 0.859. The summed E-state index contributed by atoms with van der Waals surface area (Å²) in [6.07, 6.45) is 0. The van der Waals surface area contributed by atoms with E-state index in [2.05, 4.69) is 32.0 Å². The topological polar surface area (TPSA) is 26.0 Å². The van der Waals surface area contributed by atoms with Crippen molar-refractivity contribution in [1.82, 2.24) is 0 Å². The number of nitrogens with two attached hydrogens (primary N) is 1. The molecule has 0 aliphatic rings. The predicted octanol–water partition coefficient (Wildman–Crippen LogP) is 3.61. The van der Waals surface area contributed by atoms with Crippen LogP contribution in [0.1, 0.15) is 10.4 Å². The van der Waals surface area contributed by atoms with Crippen LogP contribution in [0.2, 0.25) is 0 Å². The summed E-state index contributed by atoms with van der Waals surface area (Å²) in [5, 5.41) is 0. The van der Waals surface area contributed by atoms with E-state index in [1.54, 1.807) is 11.3 Å². The zero-order chi connectivity index (χ0) is 10.1. The molecule has 0 atom stereocenters. The van der Waals surface area contributed by atoms with Crippen LogP contribution < -0.4 is 5.73 Å². The molecule has 0 saturated carbocycles. The molecule has 0 aliphatic carbocycles. The lowest BCUT2D eigenvalue weighted by atomic mass is 10.1. The van der Waals surface area contributed by atoms with E-state index in [-0.39, 0.29) is 0 Å². The van der Waals surface area contributed by atoms with Gasteiger partial charge in [-0.1, -0.05) is 11.6 Å². The minimum Gasteiger partial charge on any atom is -0.398 e. The van der Waals surface area contributed by atoms with Gasteiger partial charge in [-0.05, 0) is 38.1 Å². The molecule has 2 aromatic rings. The summed E-state index contributed by atoms with van der Waals surface area (Å²) < 4.78 is 0. The molecule has 0 amide bonds. The van der Waals surface area contributed by atoms with Crippen LogP contribution in [0.4, 0.5) is 5.69 Å². The molecule has 0 saturated heterocycles. The lowest BCUT2D eigenvalue weighted by Gasteiger charge is -2.03. The molecule has 1 aromatic heterocycles. The molecule has 0 bridgehead atoms. The average molecular weight is 203 g/mol. The fourth-order valence-corrected chi connectivity index (χ4v) is 2.37. The zero-order valence-electron chi connectivity index (χ0n) is 8.37. The maximum absolute atomic E-state index is 5.94. The Morgan fingerprint density at radius 2 is 1.86 bits per heavy atom. The van der Waals surface area contributed by atoms with Crippen molar-refractivity contribution in [2.24, 2.45) is 0 Å². The number of aryl methyl sites for hydroxylation is 2. The van der Waals surface area contributed by atoms with E-state index in [0.717, 1.165) is 11.3 Å². The van der Waals surface area contributed by atoms with Crippen molar-refractivity contribution in [3.63, 3.8) is 0 Å². The molecule has 1 nitrogen and oxygen atoms in total. The smallest absolute Gasteiger partial charge is 0.0402 e. The van der Waals surface area contributed by atoms with Gasteiger partial charge in [0, 0.05) is 21.0 Å². The summed E-state index contributed by atoms with van der Waals surface area (Å²) in [7, 11) is 0. The quantitative estimate of drug-likeness (QED) is 0.704. The summed E-state index contributed by atoms with van der Waals surface area (Å²) in [6, 6.07) is 10.4. The Labute approximate surface area is 88.2 Å². The van der Waals surface area contributed by atoms with Crippen molar-refractivity contribution in [2.75, 3.05) is 5.73 Å². The number of nitrogen functional groups attached to an aromatic ring is 1. The Morgan fingerprint density at radius 1 is 1.07 bits per heavy atom. The molecule has 2 N–H and O–H groups in total. The Balaban J connectivity index is 2.55. The molecule has 0 fully saturated rings. The van der Waals surface area contributed by atoms with Gasteiger partial charge in [0.05, 0.1) is 0 Å². The van der Waals surface area contributed by atoms with Crippen LogP contribution in [0.3, 0.4) is 0 Å². The molecule has 0 radical (unpaired) electrons. The van der Waals surface area contributed by atoms with Gasteiger partial charge in [0.2, 0.25) is 0 Å². The molecule has 0 aliphatic heterocycles. The van der Waals surface area contributed by atoms with Crippen molar-refractivity contribution in [3.05, 3.63) is 40.8 Å². The highest BCUT2D eigenvalue weighted by molar-refractivity contribution is 7.15. The number of benzene rings is 1. The Hall–Kier alpha value is -1.28. The van der Waals surface area contributed by atoms with E-state index >= 15 is 0 Å². The lowest BCUT2D eigenvalue weighted by Crippen LogP contribution is -1.88. The van der Waals surface area contributed by atoms with E-state index in [1.165, 1.54) is 15.3 Å². The van der Waals surface area contributed by atoms with Gasteiger partial charge in [-0.3, -0.25) is 0 Å². The summed E-state index contributed by atoms with van der Waals surface area (Å²) in [5.41, 5.74) is 9.20. The second-order valence-electron chi connectivity index (χ2n) is 3.50. The van der Waals surface area contributed by atoms with Crippen LogP contribution in [-0.4, -0.2) is 0 Å². The highest BCUT2D eigenvalue weighted by Crippen LogP contribution is 2.32. The largest absolute Gasteiger partial charge is 0.398 e. The SMILES string of the molecule is Cc1ccc(N)c(-c2ccc(C)s2)c1. The third-order valence-electron chi connectivity index (χ3n) is 2.21.